The van der Waals surface area contributed by atoms with Gasteiger partial charge < -0.3 is 25.7 Å². The van der Waals surface area contributed by atoms with Crippen LogP contribution in [-0.4, -0.2) is 30.5 Å². The minimum Gasteiger partial charge on any atom is -0.454 e. The first-order valence-corrected chi connectivity index (χ1v) is 9.91. The molecule has 0 amide bonds. The number of pyridine rings is 2. The lowest BCUT2D eigenvalue weighted by atomic mass is 10.0. The molecule has 0 aliphatic carbocycles. The first-order chi connectivity index (χ1) is 15.2. The Bertz CT molecular complexity index is 1250. The molecule has 0 unspecified atom stereocenters. The second-order valence-electron chi connectivity index (χ2n) is 7.17. The van der Waals surface area contributed by atoms with Crippen molar-refractivity contribution in [3.05, 3.63) is 72.3 Å². The van der Waals surface area contributed by atoms with Crippen LogP contribution in [0.1, 0.15) is 5.56 Å². The van der Waals surface area contributed by atoms with Crippen molar-refractivity contribution in [2.24, 2.45) is 0 Å². The van der Waals surface area contributed by atoms with Gasteiger partial charge in [-0.2, -0.15) is 0 Å². The van der Waals surface area contributed by atoms with Crippen LogP contribution in [0.15, 0.2) is 60.9 Å². The number of rotatable bonds is 6. The van der Waals surface area contributed by atoms with Crippen molar-refractivity contribution in [2.75, 3.05) is 25.8 Å². The number of aromatic nitrogens is 2. The highest BCUT2D eigenvalue weighted by molar-refractivity contribution is 5.96. The number of nitrogens with one attached hydrogen (secondary N) is 1. The molecule has 164 valence electrons. The van der Waals surface area contributed by atoms with Crippen molar-refractivity contribution < 1.29 is 18.6 Å². The minimum absolute atomic E-state index is 0. The van der Waals surface area contributed by atoms with Gasteiger partial charge in [0.05, 0.1) is 17.8 Å². The molecule has 32 heavy (non-hydrogen) atoms. The Hall–Kier alpha value is -3.75. The SMILES string of the molecule is COCCc1ccc2c(Nc3ccncc3)c(F)c(-c3ccc4c(c3)OCO4)nc2c1.N. The smallest absolute Gasteiger partial charge is 0.231 e. The number of methoxy groups -OCH3 is 1. The van der Waals surface area contributed by atoms with Gasteiger partial charge in [0, 0.05) is 36.1 Å². The Morgan fingerprint density at radius 3 is 2.66 bits per heavy atom. The summed E-state index contributed by atoms with van der Waals surface area (Å²) in [6.07, 6.45) is 4.06. The van der Waals surface area contributed by atoms with Gasteiger partial charge >= 0.3 is 0 Å². The van der Waals surface area contributed by atoms with Crippen LogP contribution in [0.25, 0.3) is 22.2 Å². The highest BCUT2D eigenvalue weighted by Crippen LogP contribution is 2.39. The second kappa shape index (κ2) is 9.17. The summed E-state index contributed by atoms with van der Waals surface area (Å²) in [5.74, 6) is 0.783. The number of ether oxygens (including phenoxy) is 3. The summed E-state index contributed by atoms with van der Waals surface area (Å²) in [6.45, 7) is 0.758. The molecule has 0 saturated heterocycles. The maximum absolute atomic E-state index is 15.8. The van der Waals surface area contributed by atoms with Crippen LogP contribution in [0.3, 0.4) is 0 Å². The van der Waals surface area contributed by atoms with Crippen LogP contribution < -0.4 is 20.9 Å². The van der Waals surface area contributed by atoms with Crippen LogP contribution in [0.5, 0.6) is 11.5 Å². The molecule has 0 bridgehead atoms. The quantitative estimate of drug-likeness (QED) is 0.427. The fraction of sp³-hybridized carbons (Fsp3) is 0.167. The molecule has 3 heterocycles. The molecule has 1 aliphatic heterocycles. The Morgan fingerprint density at radius 2 is 1.84 bits per heavy atom. The zero-order valence-corrected chi connectivity index (χ0v) is 17.6. The van der Waals surface area contributed by atoms with Gasteiger partial charge in [-0.3, -0.25) is 4.98 Å². The van der Waals surface area contributed by atoms with Gasteiger partial charge in [0.25, 0.3) is 0 Å². The van der Waals surface area contributed by atoms with Crippen LogP contribution in [0.4, 0.5) is 15.8 Å². The molecular weight excluding hydrogens is 411 g/mol. The van der Waals surface area contributed by atoms with Crippen LogP contribution in [0, 0.1) is 5.82 Å². The number of fused-ring (bicyclic) bond motifs is 2. The first kappa shape index (κ1) is 21.5. The summed E-state index contributed by atoms with van der Waals surface area (Å²) in [6, 6.07) is 14.7. The average molecular weight is 434 g/mol. The van der Waals surface area contributed by atoms with Gasteiger partial charge in [-0.05, 0) is 48.4 Å². The van der Waals surface area contributed by atoms with Crippen molar-refractivity contribution >= 4 is 22.3 Å². The molecule has 7 nitrogen and oxygen atoms in total. The van der Waals surface area contributed by atoms with Crippen LogP contribution >= 0.6 is 0 Å². The predicted molar refractivity (Wildman–Crippen MR) is 121 cm³/mol. The van der Waals surface area contributed by atoms with E-state index in [2.05, 4.69) is 15.3 Å². The Morgan fingerprint density at radius 1 is 1.03 bits per heavy atom. The molecule has 0 atom stereocenters. The normalized spacial score (nSPS) is 11.9. The molecule has 2 aromatic heterocycles. The highest BCUT2D eigenvalue weighted by atomic mass is 19.1. The van der Waals surface area contributed by atoms with E-state index in [0.29, 0.717) is 40.3 Å². The van der Waals surface area contributed by atoms with Crippen LogP contribution in [-0.2, 0) is 11.2 Å². The van der Waals surface area contributed by atoms with Crippen molar-refractivity contribution in [1.29, 1.82) is 0 Å². The monoisotopic (exact) mass is 434 g/mol. The summed E-state index contributed by atoms with van der Waals surface area (Å²) in [4.78, 5) is 8.70. The standard InChI is InChI=1S/C24H20FN3O3.H3N/c1-29-11-8-15-2-4-18-19(12-15)28-23(16-3-5-20-21(13-16)31-14-30-20)22(25)24(18)27-17-6-9-26-10-7-17;/h2-7,9-10,12-13H,8,11,14H2,1H3,(H,26,27,28);1H3. The van der Waals surface area contributed by atoms with E-state index in [9.17, 15) is 0 Å². The largest absolute Gasteiger partial charge is 0.454 e. The summed E-state index contributed by atoms with van der Waals surface area (Å²) in [5.41, 5.74) is 3.72. The molecule has 0 radical (unpaired) electrons. The molecule has 0 fully saturated rings. The van der Waals surface area contributed by atoms with Crippen LogP contribution in [0.2, 0.25) is 0 Å². The van der Waals surface area contributed by atoms with Crippen molar-refractivity contribution in [2.45, 2.75) is 6.42 Å². The van der Waals surface area contributed by atoms with E-state index in [1.54, 1.807) is 49.8 Å². The third kappa shape index (κ3) is 4.05. The maximum Gasteiger partial charge on any atom is 0.231 e. The summed E-state index contributed by atoms with van der Waals surface area (Å²) in [5, 5.41) is 3.90. The van der Waals surface area contributed by atoms with E-state index in [1.165, 1.54) is 0 Å². The lowest BCUT2D eigenvalue weighted by molar-refractivity contribution is 0.174. The number of hydrogen-bond donors (Lipinski definition) is 2. The molecular formula is C24H23FN4O3. The van der Waals surface area contributed by atoms with E-state index in [1.807, 2.05) is 18.2 Å². The third-order valence-corrected chi connectivity index (χ3v) is 5.18. The topological polar surface area (TPSA) is 100 Å². The lowest BCUT2D eigenvalue weighted by Crippen LogP contribution is -2.02. The van der Waals surface area contributed by atoms with E-state index in [-0.39, 0.29) is 18.6 Å². The molecule has 0 spiro atoms. The van der Waals surface area contributed by atoms with Gasteiger partial charge in [-0.25, -0.2) is 9.37 Å². The van der Waals surface area contributed by atoms with Crippen molar-refractivity contribution in [3.63, 3.8) is 0 Å². The van der Waals surface area contributed by atoms with Crippen molar-refractivity contribution in [1.82, 2.24) is 16.1 Å². The molecule has 4 N–H and O–H groups in total. The molecule has 0 saturated carbocycles. The second-order valence-corrected chi connectivity index (χ2v) is 7.17. The van der Waals surface area contributed by atoms with Gasteiger partial charge in [0.1, 0.15) is 5.69 Å². The highest BCUT2D eigenvalue weighted by Gasteiger charge is 2.20. The van der Waals surface area contributed by atoms with Gasteiger partial charge in [0.15, 0.2) is 17.3 Å². The third-order valence-electron chi connectivity index (χ3n) is 5.18. The molecule has 5 rings (SSSR count). The Balaban J connectivity index is 0.00000245. The van der Waals surface area contributed by atoms with Gasteiger partial charge in [0.2, 0.25) is 6.79 Å². The summed E-state index contributed by atoms with van der Waals surface area (Å²) >= 11 is 0. The fourth-order valence-electron chi connectivity index (χ4n) is 3.60. The lowest BCUT2D eigenvalue weighted by Gasteiger charge is -2.15. The van der Waals surface area contributed by atoms with E-state index in [4.69, 9.17) is 14.2 Å². The Kier molecular flexibility index (Phi) is 6.16. The molecule has 4 aromatic rings. The number of anilines is 2. The summed E-state index contributed by atoms with van der Waals surface area (Å²) in [7, 11) is 1.67. The number of nitrogens with zero attached hydrogens (tertiary/aromatic N) is 2. The zero-order chi connectivity index (χ0) is 21.2. The van der Waals surface area contributed by atoms with Gasteiger partial charge in [-0.15, -0.1) is 0 Å². The number of hydrogen-bond acceptors (Lipinski definition) is 7. The number of halogens is 1. The maximum atomic E-state index is 15.8. The number of benzene rings is 2. The molecule has 8 heteroatoms. The van der Waals surface area contributed by atoms with E-state index < -0.39 is 5.82 Å². The zero-order valence-electron chi connectivity index (χ0n) is 17.6. The minimum atomic E-state index is -0.437. The van der Waals surface area contributed by atoms with Crippen molar-refractivity contribution in [3.8, 4) is 22.8 Å². The predicted octanol–water partition coefficient (Wildman–Crippen LogP) is 5.26. The summed E-state index contributed by atoms with van der Waals surface area (Å²) < 4.78 is 31.8. The van der Waals surface area contributed by atoms with E-state index >= 15 is 4.39 Å². The Labute approximate surface area is 184 Å². The first-order valence-electron chi connectivity index (χ1n) is 9.91. The average Bonchev–Trinajstić information content (AvgIpc) is 3.28. The molecule has 1 aliphatic rings. The van der Waals surface area contributed by atoms with E-state index in [0.717, 1.165) is 17.7 Å². The molecule has 2 aromatic carbocycles. The fourth-order valence-corrected chi connectivity index (χ4v) is 3.60. The van der Waals surface area contributed by atoms with Gasteiger partial charge in [-0.1, -0.05) is 12.1 Å².